The summed E-state index contributed by atoms with van der Waals surface area (Å²) in [6, 6.07) is 6.94. The first kappa shape index (κ1) is 26.4. The van der Waals surface area contributed by atoms with Crippen LogP contribution in [0.4, 0.5) is 0 Å². The van der Waals surface area contributed by atoms with E-state index < -0.39 is 0 Å². The van der Waals surface area contributed by atoms with Gasteiger partial charge in [0.15, 0.2) is 5.75 Å². The Morgan fingerprint density at radius 3 is 2.31 bits per heavy atom. The van der Waals surface area contributed by atoms with Crippen molar-refractivity contribution in [2.75, 3.05) is 26.4 Å². The van der Waals surface area contributed by atoms with Crippen LogP contribution in [0.5, 0.6) is 17.4 Å². The second kappa shape index (κ2) is 14.3. The number of oxime groups is 1. The van der Waals surface area contributed by atoms with Gasteiger partial charge in [-0.15, -0.1) is 0 Å². The lowest BCUT2D eigenvalue weighted by Crippen LogP contribution is -2.04. The van der Waals surface area contributed by atoms with E-state index in [0.717, 1.165) is 24.1 Å². The molecule has 2 rings (SSSR count). The summed E-state index contributed by atoms with van der Waals surface area (Å²) in [5.41, 5.74) is 1.64. The zero-order chi connectivity index (χ0) is 23.3. The van der Waals surface area contributed by atoms with Gasteiger partial charge in [0, 0.05) is 30.0 Å². The number of hydrogen-bond donors (Lipinski definition) is 0. The molecule has 0 unspecified atom stereocenters. The van der Waals surface area contributed by atoms with Crippen molar-refractivity contribution in [3.8, 4) is 17.4 Å². The zero-order valence-corrected chi connectivity index (χ0v) is 20.8. The standard InChI is InChI=1S/C22H24Cl4N2O4/c1-3-32-28-15(2)16-6-7-21(27-14-16)30-9-4-5-10-31-22-18(23)12-17(13-19(22)24)29-11-8-20(25)26/h6-8,12-14H,3-5,9-11H2,1-2H3. The number of aromatic nitrogens is 1. The van der Waals surface area contributed by atoms with Gasteiger partial charge in [-0.1, -0.05) is 51.6 Å². The average molecular weight is 522 g/mol. The Kier molecular flexibility index (Phi) is 11.8. The predicted molar refractivity (Wildman–Crippen MR) is 130 cm³/mol. The Labute approximate surface area is 208 Å². The van der Waals surface area contributed by atoms with Gasteiger partial charge in [-0.25, -0.2) is 4.98 Å². The molecule has 2 aromatic rings. The van der Waals surface area contributed by atoms with Gasteiger partial charge in [0.1, 0.15) is 23.5 Å². The van der Waals surface area contributed by atoms with Crippen molar-refractivity contribution in [3.05, 3.63) is 56.6 Å². The van der Waals surface area contributed by atoms with Crippen LogP contribution >= 0.6 is 46.4 Å². The summed E-state index contributed by atoms with van der Waals surface area (Å²) in [7, 11) is 0. The second-order valence-corrected chi connectivity index (χ2v) is 8.23. The first-order valence-corrected chi connectivity index (χ1v) is 11.4. The summed E-state index contributed by atoms with van der Waals surface area (Å²) in [6.45, 7) is 5.41. The maximum absolute atomic E-state index is 6.25. The highest BCUT2D eigenvalue weighted by atomic mass is 35.5. The molecule has 0 atom stereocenters. The SMILES string of the molecule is CCON=C(C)c1ccc(OCCCCOc2c(Cl)cc(OCC=C(Cl)Cl)cc2Cl)nc1. The van der Waals surface area contributed by atoms with Gasteiger partial charge < -0.3 is 19.0 Å². The van der Waals surface area contributed by atoms with Crippen LogP contribution in [0.1, 0.15) is 32.3 Å². The Balaban J connectivity index is 1.72. The fourth-order valence-electron chi connectivity index (χ4n) is 2.41. The molecule has 0 saturated heterocycles. The van der Waals surface area contributed by atoms with Crippen molar-refractivity contribution in [2.45, 2.75) is 26.7 Å². The molecule has 0 bridgehead atoms. The molecule has 0 amide bonds. The molecule has 174 valence electrons. The van der Waals surface area contributed by atoms with Gasteiger partial charge in [-0.3, -0.25) is 0 Å². The third kappa shape index (κ3) is 9.33. The largest absolute Gasteiger partial charge is 0.490 e. The quantitative estimate of drug-likeness (QED) is 0.160. The van der Waals surface area contributed by atoms with E-state index in [9.17, 15) is 0 Å². The lowest BCUT2D eigenvalue weighted by atomic mass is 10.2. The number of nitrogens with zero attached hydrogens (tertiary/aromatic N) is 2. The number of pyridine rings is 1. The monoisotopic (exact) mass is 520 g/mol. The summed E-state index contributed by atoms with van der Waals surface area (Å²) in [5, 5.41) is 4.70. The van der Waals surface area contributed by atoms with Crippen molar-refractivity contribution < 1.29 is 19.0 Å². The summed E-state index contributed by atoms with van der Waals surface area (Å²) in [5.74, 6) is 1.45. The highest BCUT2D eigenvalue weighted by molar-refractivity contribution is 6.55. The van der Waals surface area contributed by atoms with Crippen LogP contribution in [0.15, 0.2) is 46.2 Å². The fraction of sp³-hybridized carbons (Fsp3) is 0.364. The van der Waals surface area contributed by atoms with E-state index >= 15 is 0 Å². The number of ether oxygens (including phenoxy) is 3. The van der Waals surface area contributed by atoms with E-state index in [1.54, 1.807) is 24.4 Å². The number of halogens is 4. The van der Waals surface area contributed by atoms with E-state index in [1.165, 1.54) is 6.08 Å². The molecule has 0 saturated carbocycles. The lowest BCUT2D eigenvalue weighted by molar-refractivity contribution is 0.159. The Hall–Kier alpha value is -1.86. The van der Waals surface area contributed by atoms with Gasteiger partial charge >= 0.3 is 0 Å². The Morgan fingerprint density at radius 2 is 1.72 bits per heavy atom. The Morgan fingerprint density at radius 1 is 1.03 bits per heavy atom. The third-order valence-corrected chi connectivity index (χ3v) is 4.85. The summed E-state index contributed by atoms with van der Waals surface area (Å²) >= 11 is 23.6. The topological polar surface area (TPSA) is 62.2 Å². The summed E-state index contributed by atoms with van der Waals surface area (Å²) in [6.07, 6.45) is 4.74. The van der Waals surface area contributed by atoms with E-state index in [1.807, 2.05) is 19.9 Å². The molecule has 1 heterocycles. The molecule has 0 aliphatic heterocycles. The molecule has 32 heavy (non-hydrogen) atoms. The van der Waals surface area contributed by atoms with Crippen molar-refractivity contribution in [3.63, 3.8) is 0 Å². The summed E-state index contributed by atoms with van der Waals surface area (Å²) < 4.78 is 17.0. The molecule has 0 fully saturated rings. The first-order chi connectivity index (χ1) is 15.4. The molecule has 0 aliphatic carbocycles. The van der Waals surface area contributed by atoms with E-state index in [4.69, 9.17) is 65.5 Å². The maximum Gasteiger partial charge on any atom is 0.213 e. The van der Waals surface area contributed by atoms with Gasteiger partial charge in [-0.2, -0.15) is 0 Å². The van der Waals surface area contributed by atoms with E-state index in [0.29, 0.717) is 47.2 Å². The molecule has 0 aliphatic rings. The van der Waals surface area contributed by atoms with E-state index in [-0.39, 0.29) is 11.1 Å². The van der Waals surface area contributed by atoms with Crippen LogP contribution in [0.2, 0.25) is 10.0 Å². The molecule has 0 N–H and O–H groups in total. The van der Waals surface area contributed by atoms with Gasteiger partial charge in [0.2, 0.25) is 5.88 Å². The highest BCUT2D eigenvalue weighted by Gasteiger charge is 2.11. The summed E-state index contributed by atoms with van der Waals surface area (Å²) in [4.78, 5) is 9.32. The predicted octanol–water partition coefficient (Wildman–Crippen LogP) is 7.08. The third-order valence-electron chi connectivity index (χ3n) is 3.98. The minimum Gasteiger partial charge on any atom is -0.490 e. The lowest BCUT2D eigenvalue weighted by Gasteiger charge is -2.12. The van der Waals surface area contributed by atoms with E-state index in [2.05, 4.69) is 10.1 Å². The molecule has 0 spiro atoms. The van der Waals surface area contributed by atoms with Gasteiger partial charge in [0.25, 0.3) is 0 Å². The molecule has 6 nitrogen and oxygen atoms in total. The highest BCUT2D eigenvalue weighted by Crippen LogP contribution is 2.37. The van der Waals surface area contributed by atoms with Crippen LogP contribution in [0.3, 0.4) is 0 Å². The number of unbranched alkanes of at least 4 members (excludes halogenated alkanes) is 1. The van der Waals surface area contributed by atoms with Crippen LogP contribution in [-0.2, 0) is 4.84 Å². The smallest absolute Gasteiger partial charge is 0.213 e. The average Bonchev–Trinajstić information content (AvgIpc) is 2.76. The molecule has 0 radical (unpaired) electrons. The van der Waals surface area contributed by atoms with Crippen LogP contribution in [0, 0.1) is 0 Å². The number of rotatable bonds is 13. The Bertz CT molecular complexity index is 894. The molecule has 10 heteroatoms. The second-order valence-electron chi connectivity index (χ2n) is 6.40. The first-order valence-electron chi connectivity index (χ1n) is 9.92. The minimum atomic E-state index is 0.126. The molecular weight excluding hydrogens is 498 g/mol. The molecular formula is C22H24Cl4N2O4. The maximum atomic E-state index is 6.25. The van der Waals surface area contributed by atoms with Crippen LogP contribution in [0.25, 0.3) is 0 Å². The van der Waals surface area contributed by atoms with Crippen LogP contribution < -0.4 is 14.2 Å². The number of benzene rings is 1. The molecule has 1 aromatic carbocycles. The number of hydrogen-bond acceptors (Lipinski definition) is 6. The van der Waals surface area contributed by atoms with Crippen molar-refractivity contribution in [1.29, 1.82) is 0 Å². The fourth-order valence-corrected chi connectivity index (χ4v) is 3.11. The van der Waals surface area contributed by atoms with Crippen molar-refractivity contribution in [1.82, 2.24) is 4.98 Å². The minimum absolute atomic E-state index is 0.126. The zero-order valence-electron chi connectivity index (χ0n) is 17.7. The van der Waals surface area contributed by atoms with Crippen molar-refractivity contribution in [2.24, 2.45) is 5.16 Å². The normalized spacial score (nSPS) is 11.1. The van der Waals surface area contributed by atoms with Crippen LogP contribution in [-0.4, -0.2) is 37.1 Å². The van der Waals surface area contributed by atoms with Crippen molar-refractivity contribution >= 4 is 52.1 Å². The van der Waals surface area contributed by atoms with Gasteiger partial charge in [0.05, 0.1) is 29.0 Å². The molecule has 1 aromatic heterocycles. The van der Waals surface area contributed by atoms with Gasteiger partial charge in [-0.05, 0) is 38.8 Å².